The van der Waals surface area contributed by atoms with Crippen LogP contribution in [-0.2, 0) is 15.0 Å². The van der Waals surface area contributed by atoms with E-state index in [-0.39, 0.29) is 19.3 Å². The number of hydrogen-bond acceptors (Lipinski definition) is 4. The molecule has 4 heteroatoms. The third-order valence-electron chi connectivity index (χ3n) is 4.98. The van der Waals surface area contributed by atoms with Gasteiger partial charge in [-0.1, -0.05) is 72.8 Å². The maximum absolute atomic E-state index is 12.5. The second-order valence-electron chi connectivity index (χ2n) is 7.14. The Labute approximate surface area is 165 Å². The van der Waals surface area contributed by atoms with E-state index < -0.39 is 17.4 Å². The highest BCUT2D eigenvalue weighted by molar-refractivity contribution is 5.85. The lowest BCUT2D eigenvalue weighted by Crippen LogP contribution is -2.47. The van der Waals surface area contributed by atoms with E-state index in [9.17, 15) is 19.8 Å². The highest BCUT2D eigenvalue weighted by Gasteiger charge is 2.36. The number of benzene rings is 2. The third-order valence-corrected chi connectivity index (χ3v) is 4.98. The van der Waals surface area contributed by atoms with Gasteiger partial charge < -0.3 is 19.8 Å². The third kappa shape index (κ3) is 4.39. The standard InChI is InChI=1S/C24H26O4/c1-16(2)18-8-5-10-20(14-18)24(23(27)28,13-7-12-22(25)26)21-11-6-9-19(15-21)17(3)4/h5-6,8-11,14-15H,1,3,7,12-13H2,2,4H3,(H,25,26)(H,27,28)/p-2. The van der Waals surface area contributed by atoms with E-state index in [1.807, 2.05) is 26.0 Å². The van der Waals surface area contributed by atoms with E-state index in [1.165, 1.54) is 0 Å². The maximum Gasteiger partial charge on any atom is 0.0597 e. The van der Waals surface area contributed by atoms with Crippen LogP contribution in [0, 0.1) is 0 Å². The summed E-state index contributed by atoms with van der Waals surface area (Å²) >= 11 is 0. The first-order chi connectivity index (χ1) is 13.2. The highest BCUT2D eigenvalue weighted by Crippen LogP contribution is 2.39. The monoisotopic (exact) mass is 376 g/mol. The molecular formula is C24H24O4-2. The molecule has 0 fully saturated rings. The Bertz CT molecular complexity index is 866. The highest BCUT2D eigenvalue weighted by atomic mass is 16.4. The van der Waals surface area contributed by atoms with Gasteiger partial charge in [-0.05, 0) is 55.4 Å². The quantitative estimate of drug-likeness (QED) is 0.674. The van der Waals surface area contributed by atoms with Crippen LogP contribution in [0.25, 0.3) is 11.1 Å². The zero-order valence-corrected chi connectivity index (χ0v) is 16.3. The minimum atomic E-state index is -1.49. The van der Waals surface area contributed by atoms with Crippen molar-refractivity contribution in [3.63, 3.8) is 0 Å². The predicted molar refractivity (Wildman–Crippen MR) is 107 cm³/mol. The molecule has 0 unspecified atom stereocenters. The summed E-state index contributed by atoms with van der Waals surface area (Å²) in [6.45, 7) is 11.5. The molecule has 0 aliphatic heterocycles. The van der Waals surface area contributed by atoms with Crippen molar-refractivity contribution in [1.29, 1.82) is 0 Å². The predicted octanol–water partition coefficient (Wildman–Crippen LogP) is 2.71. The first-order valence-corrected chi connectivity index (χ1v) is 9.12. The molecule has 0 amide bonds. The summed E-state index contributed by atoms with van der Waals surface area (Å²) in [4.78, 5) is 23.5. The maximum atomic E-state index is 12.5. The van der Waals surface area contributed by atoms with E-state index in [4.69, 9.17) is 0 Å². The van der Waals surface area contributed by atoms with Gasteiger partial charge in [0, 0.05) is 5.97 Å². The summed E-state index contributed by atoms with van der Waals surface area (Å²) in [7, 11) is 0. The average molecular weight is 376 g/mol. The molecular weight excluding hydrogens is 352 g/mol. The Morgan fingerprint density at radius 1 is 0.893 bits per heavy atom. The van der Waals surface area contributed by atoms with E-state index in [2.05, 4.69) is 13.2 Å². The molecule has 0 N–H and O–H groups in total. The smallest absolute Gasteiger partial charge is 0.0597 e. The van der Waals surface area contributed by atoms with Crippen LogP contribution >= 0.6 is 0 Å². The molecule has 146 valence electrons. The number of aliphatic carboxylic acids is 2. The summed E-state index contributed by atoms with van der Waals surface area (Å²) in [5, 5.41) is 23.5. The largest absolute Gasteiger partial charge is 0.550 e. The average Bonchev–Trinajstić information content (AvgIpc) is 2.65. The van der Waals surface area contributed by atoms with Gasteiger partial charge in [-0.3, -0.25) is 0 Å². The Hall–Kier alpha value is -3.14. The lowest BCUT2D eigenvalue weighted by atomic mass is 9.70. The van der Waals surface area contributed by atoms with Crippen molar-refractivity contribution in [1.82, 2.24) is 0 Å². The molecule has 4 nitrogen and oxygen atoms in total. The van der Waals surface area contributed by atoms with Crippen LogP contribution in [-0.4, -0.2) is 11.9 Å². The summed E-state index contributed by atoms with van der Waals surface area (Å²) in [5.41, 5.74) is 2.82. The fraction of sp³-hybridized carbons (Fsp3) is 0.250. The Morgan fingerprint density at radius 2 is 1.36 bits per heavy atom. The number of carbonyl (C=O) groups excluding carboxylic acids is 2. The second kappa shape index (κ2) is 8.70. The van der Waals surface area contributed by atoms with E-state index in [1.54, 1.807) is 36.4 Å². The molecule has 0 heterocycles. The Morgan fingerprint density at radius 3 is 1.71 bits per heavy atom. The van der Waals surface area contributed by atoms with Crippen molar-refractivity contribution in [3.05, 3.63) is 83.9 Å². The molecule has 2 aromatic carbocycles. The SMILES string of the molecule is C=C(C)c1cccc(C(CCCC(=O)[O-])(C(=O)[O-])c2cccc(C(=C)C)c2)c1. The molecule has 0 radical (unpaired) electrons. The van der Waals surface area contributed by atoms with Crippen molar-refractivity contribution in [2.45, 2.75) is 38.5 Å². The Kier molecular flexibility index (Phi) is 6.57. The number of carboxylic acids is 2. The number of hydrogen-bond donors (Lipinski definition) is 0. The van der Waals surface area contributed by atoms with Gasteiger partial charge in [0.05, 0.1) is 11.4 Å². The van der Waals surface area contributed by atoms with Crippen molar-refractivity contribution < 1.29 is 19.8 Å². The molecule has 2 aromatic rings. The lowest BCUT2D eigenvalue weighted by molar-refractivity contribution is -0.313. The van der Waals surface area contributed by atoms with Crippen molar-refractivity contribution in [2.75, 3.05) is 0 Å². The van der Waals surface area contributed by atoms with E-state index in [0.29, 0.717) is 11.1 Å². The van der Waals surface area contributed by atoms with Gasteiger partial charge in [0.15, 0.2) is 0 Å². The van der Waals surface area contributed by atoms with Gasteiger partial charge in [0.25, 0.3) is 0 Å². The lowest BCUT2D eigenvalue weighted by Gasteiger charge is -2.37. The van der Waals surface area contributed by atoms with Crippen molar-refractivity contribution in [2.24, 2.45) is 0 Å². The number of rotatable bonds is 9. The van der Waals surface area contributed by atoms with E-state index in [0.717, 1.165) is 22.3 Å². The molecule has 0 spiro atoms. The van der Waals surface area contributed by atoms with Crippen molar-refractivity contribution in [3.8, 4) is 0 Å². The van der Waals surface area contributed by atoms with Crippen molar-refractivity contribution >= 4 is 23.1 Å². The van der Waals surface area contributed by atoms with Crippen LogP contribution in [0.1, 0.15) is 55.4 Å². The van der Waals surface area contributed by atoms with Crippen LogP contribution < -0.4 is 10.2 Å². The zero-order chi connectivity index (χ0) is 20.9. The first kappa shape index (κ1) is 21.2. The number of carboxylic acid groups (broad SMARTS) is 2. The van der Waals surface area contributed by atoms with Crippen LogP contribution in [0.4, 0.5) is 0 Å². The molecule has 0 aliphatic rings. The van der Waals surface area contributed by atoms with Crippen LogP contribution in [0.2, 0.25) is 0 Å². The Balaban J connectivity index is 2.71. The number of allylic oxidation sites excluding steroid dienone is 2. The van der Waals surface area contributed by atoms with Crippen LogP contribution in [0.5, 0.6) is 0 Å². The summed E-state index contributed by atoms with van der Waals surface area (Å²) in [6, 6.07) is 14.3. The van der Waals surface area contributed by atoms with Gasteiger partial charge in [-0.15, -0.1) is 0 Å². The fourth-order valence-corrected chi connectivity index (χ4v) is 3.39. The molecule has 0 atom stereocenters. The molecule has 0 saturated heterocycles. The fourth-order valence-electron chi connectivity index (χ4n) is 3.39. The minimum Gasteiger partial charge on any atom is -0.550 e. The first-order valence-electron chi connectivity index (χ1n) is 9.12. The van der Waals surface area contributed by atoms with Gasteiger partial charge in [-0.25, -0.2) is 0 Å². The molecule has 2 rings (SSSR count). The van der Waals surface area contributed by atoms with Gasteiger partial charge in [0.2, 0.25) is 0 Å². The second-order valence-corrected chi connectivity index (χ2v) is 7.14. The molecule has 0 saturated carbocycles. The summed E-state index contributed by atoms with van der Waals surface area (Å²) in [5.74, 6) is -2.48. The molecule has 0 aliphatic carbocycles. The van der Waals surface area contributed by atoms with Gasteiger partial charge >= 0.3 is 0 Å². The van der Waals surface area contributed by atoms with Gasteiger partial charge in [0.1, 0.15) is 0 Å². The van der Waals surface area contributed by atoms with Crippen LogP contribution in [0.3, 0.4) is 0 Å². The summed E-state index contributed by atoms with van der Waals surface area (Å²) < 4.78 is 0. The van der Waals surface area contributed by atoms with Gasteiger partial charge in [-0.2, -0.15) is 0 Å². The zero-order valence-electron chi connectivity index (χ0n) is 16.3. The normalized spacial score (nSPS) is 11.1. The summed E-state index contributed by atoms with van der Waals surface area (Å²) in [6.07, 6.45) is -0.0110. The molecule has 0 aromatic heterocycles. The minimum absolute atomic E-state index is 0.0720. The number of carbonyl (C=O) groups is 2. The molecule has 28 heavy (non-hydrogen) atoms. The van der Waals surface area contributed by atoms with E-state index >= 15 is 0 Å². The topological polar surface area (TPSA) is 80.3 Å². The molecule has 0 bridgehead atoms. The van der Waals surface area contributed by atoms with Crippen LogP contribution in [0.15, 0.2) is 61.7 Å².